The minimum absolute atomic E-state index is 0.0310. The quantitative estimate of drug-likeness (QED) is 0.800. The van der Waals surface area contributed by atoms with Gasteiger partial charge in [-0.15, -0.1) is 0 Å². The Kier molecular flexibility index (Phi) is 4.25. The number of carboxylic acids is 1. The molecule has 0 aromatic carbocycles. The molecular weight excluding hydrogens is 272 g/mol. The molecule has 1 saturated carbocycles. The second-order valence-electron chi connectivity index (χ2n) is 6.61. The highest BCUT2D eigenvalue weighted by molar-refractivity contribution is 5.91. The first-order chi connectivity index (χ1) is 9.80. The zero-order valence-corrected chi connectivity index (χ0v) is 12.9. The van der Waals surface area contributed by atoms with Crippen molar-refractivity contribution in [3.8, 4) is 0 Å². The van der Waals surface area contributed by atoms with Crippen molar-refractivity contribution in [3.05, 3.63) is 0 Å². The van der Waals surface area contributed by atoms with E-state index in [9.17, 15) is 14.4 Å². The highest BCUT2D eigenvalue weighted by Crippen LogP contribution is 2.59. The summed E-state index contributed by atoms with van der Waals surface area (Å²) in [6.07, 6.45) is 1.31. The number of rotatable bonds is 4. The maximum atomic E-state index is 12.5. The smallest absolute Gasteiger partial charge is 0.307 e. The normalized spacial score (nSPS) is 28.0. The van der Waals surface area contributed by atoms with E-state index in [1.54, 1.807) is 4.90 Å². The Morgan fingerprint density at radius 2 is 1.76 bits per heavy atom. The summed E-state index contributed by atoms with van der Waals surface area (Å²) in [5.74, 6) is -1.93. The number of hydrogen-bond acceptors (Lipinski definition) is 3. The van der Waals surface area contributed by atoms with E-state index < -0.39 is 23.2 Å². The maximum Gasteiger partial charge on any atom is 0.307 e. The van der Waals surface area contributed by atoms with E-state index >= 15 is 0 Å². The molecule has 2 amide bonds. The number of piperidine rings is 1. The molecule has 1 aliphatic carbocycles. The molecule has 1 saturated heterocycles. The molecule has 0 radical (unpaired) electrons. The summed E-state index contributed by atoms with van der Waals surface area (Å²) in [7, 11) is 0. The Morgan fingerprint density at radius 3 is 2.19 bits per heavy atom. The first-order valence-corrected chi connectivity index (χ1v) is 7.60. The first-order valence-electron chi connectivity index (χ1n) is 7.60. The van der Waals surface area contributed by atoms with Crippen LogP contribution in [-0.4, -0.2) is 47.4 Å². The molecule has 0 aromatic heterocycles. The van der Waals surface area contributed by atoms with Crippen LogP contribution >= 0.6 is 0 Å². The molecule has 1 heterocycles. The molecule has 6 nitrogen and oxygen atoms in total. The molecule has 2 aliphatic rings. The number of nitrogens with zero attached hydrogens (tertiary/aromatic N) is 1. The minimum atomic E-state index is -0.893. The van der Waals surface area contributed by atoms with Crippen molar-refractivity contribution in [2.24, 2.45) is 23.2 Å². The highest BCUT2D eigenvalue weighted by Gasteiger charge is 2.66. The predicted molar refractivity (Wildman–Crippen MR) is 76.4 cm³/mol. The Hall–Kier alpha value is -1.59. The van der Waals surface area contributed by atoms with Gasteiger partial charge >= 0.3 is 5.97 Å². The molecular formula is C15H24N2O4. The Bertz CT molecular complexity index is 453. The van der Waals surface area contributed by atoms with Gasteiger partial charge < -0.3 is 15.3 Å². The van der Waals surface area contributed by atoms with E-state index in [0.717, 1.165) is 0 Å². The second-order valence-corrected chi connectivity index (χ2v) is 6.61. The van der Waals surface area contributed by atoms with Crippen molar-refractivity contribution >= 4 is 17.8 Å². The highest BCUT2D eigenvalue weighted by atomic mass is 16.4. The monoisotopic (exact) mass is 296 g/mol. The standard InChI is InChI=1S/C15H24N2O4/c1-4-16-12(18)9-5-7-17(8-6-9)13(19)10-11(14(20)21)15(10,2)3/h9-11H,4-8H2,1-3H3,(H,16,18)(H,20,21). The van der Waals surface area contributed by atoms with Crippen molar-refractivity contribution in [2.75, 3.05) is 19.6 Å². The lowest BCUT2D eigenvalue weighted by Crippen LogP contribution is -2.44. The van der Waals surface area contributed by atoms with Crippen LogP contribution in [0.3, 0.4) is 0 Å². The molecule has 2 rings (SSSR count). The van der Waals surface area contributed by atoms with Crippen molar-refractivity contribution in [1.29, 1.82) is 0 Å². The summed E-state index contributed by atoms with van der Waals surface area (Å²) in [6, 6.07) is 0. The number of carbonyl (C=O) groups is 3. The van der Waals surface area contributed by atoms with Crippen LogP contribution in [0, 0.1) is 23.2 Å². The molecule has 2 fully saturated rings. The van der Waals surface area contributed by atoms with Gasteiger partial charge in [0.15, 0.2) is 0 Å². The van der Waals surface area contributed by atoms with E-state index in [2.05, 4.69) is 5.32 Å². The van der Waals surface area contributed by atoms with Crippen LogP contribution in [0.25, 0.3) is 0 Å². The van der Waals surface area contributed by atoms with Crippen LogP contribution in [0.4, 0.5) is 0 Å². The summed E-state index contributed by atoms with van der Waals surface area (Å²) in [4.78, 5) is 37.1. The van der Waals surface area contributed by atoms with Crippen molar-refractivity contribution in [2.45, 2.75) is 33.6 Å². The van der Waals surface area contributed by atoms with E-state index in [1.165, 1.54) is 0 Å². The predicted octanol–water partition coefficient (Wildman–Crippen LogP) is 0.718. The van der Waals surface area contributed by atoms with Gasteiger partial charge in [0.2, 0.25) is 11.8 Å². The van der Waals surface area contributed by atoms with Crippen LogP contribution in [0.2, 0.25) is 0 Å². The van der Waals surface area contributed by atoms with Crippen LogP contribution in [0.15, 0.2) is 0 Å². The first kappa shape index (κ1) is 15.8. The third-order valence-corrected chi connectivity index (χ3v) is 4.89. The largest absolute Gasteiger partial charge is 0.481 e. The fourth-order valence-corrected chi connectivity index (χ4v) is 3.44. The van der Waals surface area contributed by atoms with Crippen LogP contribution in [0.1, 0.15) is 33.6 Å². The van der Waals surface area contributed by atoms with E-state index in [1.807, 2.05) is 20.8 Å². The molecule has 0 aromatic rings. The van der Waals surface area contributed by atoms with Crippen LogP contribution in [-0.2, 0) is 14.4 Å². The van der Waals surface area contributed by atoms with Gasteiger partial charge in [0, 0.05) is 25.6 Å². The molecule has 118 valence electrons. The van der Waals surface area contributed by atoms with Gasteiger partial charge in [0.05, 0.1) is 11.8 Å². The van der Waals surface area contributed by atoms with Crippen LogP contribution < -0.4 is 5.32 Å². The van der Waals surface area contributed by atoms with Crippen LogP contribution in [0.5, 0.6) is 0 Å². The topological polar surface area (TPSA) is 86.7 Å². The van der Waals surface area contributed by atoms with E-state index in [4.69, 9.17) is 5.11 Å². The number of likely N-dealkylation sites (tertiary alicyclic amines) is 1. The number of hydrogen-bond donors (Lipinski definition) is 2. The van der Waals surface area contributed by atoms with Gasteiger partial charge in [-0.05, 0) is 25.2 Å². The van der Waals surface area contributed by atoms with Crippen molar-refractivity contribution < 1.29 is 19.5 Å². The molecule has 21 heavy (non-hydrogen) atoms. The summed E-state index contributed by atoms with van der Waals surface area (Å²) in [5.41, 5.74) is -0.459. The zero-order valence-electron chi connectivity index (χ0n) is 12.9. The number of amides is 2. The van der Waals surface area contributed by atoms with Gasteiger partial charge in [-0.25, -0.2) is 0 Å². The Labute approximate surface area is 124 Å². The summed E-state index contributed by atoms with van der Waals surface area (Å²) in [5, 5.41) is 12.0. The summed E-state index contributed by atoms with van der Waals surface area (Å²) in [6.45, 7) is 7.25. The molecule has 1 aliphatic heterocycles. The van der Waals surface area contributed by atoms with Gasteiger partial charge in [-0.2, -0.15) is 0 Å². The third kappa shape index (κ3) is 2.89. The number of aliphatic carboxylic acids is 1. The Morgan fingerprint density at radius 1 is 1.19 bits per heavy atom. The molecule has 2 N–H and O–H groups in total. The molecule has 2 atom stereocenters. The lowest BCUT2D eigenvalue weighted by Gasteiger charge is -2.31. The van der Waals surface area contributed by atoms with Gasteiger partial charge in [0.25, 0.3) is 0 Å². The molecule has 0 spiro atoms. The lowest BCUT2D eigenvalue weighted by molar-refractivity contribution is -0.142. The number of carboxylic acid groups (broad SMARTS) is 1. The number of carbonyl (C=O) groups excluding carboxylic acids is 2. The maximum absolute atomic E-state index is 12.5. The second kappa shape index (κ2) is 5.66. The van der Waals surface area contributed by atoms with E-state index in [-0.39, 0.29) is 17.7 Å². The SMILES string of the molecule is CCNC(=O)C1CCN(C(=O)C2C(C(=O)O)C2(C)C)CC1. The molecule has 2 unspecified atom stereocenters. The minimum Gasteiger partial charge on any atom is -0.481 e. The van der Waals surface area contributed by atoms with Crippen molar-refractivity contribution in [3.63, 3.8) is 0 Å². The summed E-state index contributed by atoms with van der Waals surface area (Å²) >= 11 is 0. The lowest BCUT2D eigenvalue weighted by atomic mass is 9.95. The van der Waals surface area contributed by atoms with Gasteiger partial charge in [0.1, 0.15) is 0 Å². The Balaban J connectivity index is 1.90. The average Bonchev–Trinajstić information content (AvgIpc) is 3.01. The fourth-order valence-electron chi connectivity index (χ4n) is 3.44. The van der Waals surface area contributed by atoms with Gasteiger partial charge in [-0.3, -0.25) is 14.4 Å². The van der Waals surface area contributed by atoms with Crippen molar-refractivity contribution in [1.82, 2.24) is 10.2 Å². The average molecular weight is 296 g/mol. The molecule has 0 bridgehead atoms. The summed E-state index contributed by atoms with van der Waals surface area (Å²) < 4.78 is 0. The molecule has 6 heteroatoms. The fraction of sp³-hybridized carbons (Fsp3) is 0.800. The van der Waals surface area contributed by atoms with Gasteiger partial charge in [-0.1, -0.05) is 13.8 Å². The number of nitrogens with one attached hydrogen (secondary N) is 1. The third-order valence-electron chi connectivity index (χ3n) is 4.89. The van der Waals surface area contributed by atoms with E-state index in [0.29, 0.717) is 32.5 Å². The zero-order chi connectivity index (χ0) is 15.8.